The molecule has 0 aliphatic heterocycles. The molecule has 0 radical (unpaired) electrons. The number of carbonyl (C=O) groups excluding carboxylic acids is 3. The van der Waals surface area contributed by atoms with Gasteiger partial charge in [0.2, 0.25) is 11.8 Å². The van der Waals surface area contributed by atoms with Gasteiger partial charge in [0, 0.05) is 24.8 Å². The van der Waals surface area contributed by atoms with Gasteiger partial charge in [0.1, 0.15) is 12.6 Å². The zero-order valence-electron chi connectivity index (χ0n) is 35.4. The van der Waals surface area contributed by atoms with Gasteiger partial charge in [0.25, 0.3) is 0 Å². The van der Waals surface area contributed by atoms with Gasteiger partial charge in [0.05, 0.1) is 5.41 Å². The molecule has 0 bridgehead atoms. The maximum atomic E-state index is 14.5. The zero-order valence-corrected chi connectivity index (χ0v) is 35.4. The van der Waals surface area contributed by atoms with Crippen LogP contribution in [0.5, 0.6) is 0 Å². The topological polar surface area (TPSA) is 122 Å². The summed E-state index contributed by atoms with van der Waals surface area (Å²) >= 11 is 0. The Balaban J connectivity index is 1.19. The normalized spacial score (nSPS) is 36.3. The van der Waals surface area contributed by atoms with Gasteiger partial charge in [-0.2, -0.15) is 0 Å². The first-order valence-electron chi connectivity index (χ1n) is 22.0. The highest BCUT2D eigenvalue weighted by Gasteiger charge is 2.69. The molecule has 4 fully saturated rings. The molecule has 8 atom stereocenters. The molecule has 0 aromatic rings. The molecule has 5 rings (SSSR count). The number of amides is 2. The summed E-state index contributed by atoms with van der Waals surface area (Å²) in [6, 6.07) is 0. The van der Waals surface area contributed by atoms with Crippen molar-refractivity contribution < 1.29 is 29.0 Å². The predicted octanol–water partition coefficient (Wildman–Crippen LogP) is 9.94. The minimum atomic E-state index is -1.01. The van der Waals surface area contributed by atoms with Gasteiger partial charge in [-0.05, 0) is 116 Å². The Morgan fingerprint density at radius 2 is 1.43 bits per heavy atom. The molecular weight excluding hydrogens is 677 g/mol. The van der Waals surface area contributed by atoms with E-state index in [1.54, 1.807) is 5.57 Å². The van der Waals surface area contributed by atoms with Crippen molar-refractivity contribution in [3.05, 3.63) is 11.6 Å². The molecule has 8 heteroatoms. The Morgan fingerprint density at radius 1 is 0.778 bits per heavy atom. The molecule has 3 N–H and O–H groups in total. The SMILES string of the molecule is CCC(=O)O[C@H]1CC[C@@]2(C)C(CC[C@]3(C)C2CC=C2C4CC(C)(C)CC[C@]4(C(=O)NCCCCCCCCCCC(=O)NCC(=O)O)CC[C@]23C)C1(C)C. The van der Waals surface area contributed by atoms with Crippen molar-refractivity contribution in [3.63, 3.8) is 0 Å². The molecule has 0 spiro atoms. The van der Waals surface area contributed by atoms with Gasteiger partial charge in [-0.1, -0.05) is 106 Å². The highest BCUT2D eigenvalue weighted by molar-refractivity contribution is 5.84. The molecule has 4 saturated carbocycles. The summed E-state index contributed by atoms with van der Waals surface area (Å²) in [6.45, 7) is 19.7. The van der Waals surface area contributed by atoms with Crippen molar-refractivity contribution in [2.24, 2.45) is 50.2 Å². The van der Waals surface area contributed by atoms with E-state index in [4.69, 9.17) is 9.84 Å². The van der Waals surface area contributed by atoms with Crippen LogP contribution in [0.3, 0.4) is 0 Å². The van der Waals surface area contributed by atoms with Gasteiger partial charge in [-0.3, -0.25) is 19.2 Å². The molecule has 0 saturated heterocycles. The second kappa shape index (κ2) is 16.6. The Bertz CT molecular complexity index is 1420. The third-order valence-electron chi connectivity index (χ3n) is 16.6. The van der Waals surface area contributed by atoms with Crippen LogP contribution < -0.4 is 10.6 Å². The van der Waals surface area contributed by atoms with Crippen LogP contribution in [0.1, 0.15) is 184 Å². The van der Waals surface area contributed by atoms with Crippen LogP contribution in [0.4, 0.5) is 0 Å². The summed E-state index contributed by atoms with van der Waals surface area (Å²) < 4.78 is 6.10. The lowest BCUT2D eigenvalue weighted by Gasteiger charge is -2.71. The monoisotopic (exact) mass is 753 g/mol. The number of aliphatic carboxylic acids is 1. The van der Waals surface area contributed by atoms with E-state index in [0.29, 0.717) is 36.5 Å². The molecule has 3 unspecified atom stereocenters. The molecule has 54 heavy (non-hydrogen) atoms. The summed E-state index contributed by atoms with van der Waals surface area (Å²) in [5.41, 5.74) is 1.92. The summed E-state index contributed by atoms with van der Waals surface area (Å²) in [5, 5.41) is 14.6. The standard InChI is InChI=1S/C46H76N2O6/c1-9-39(52)54-36-22-23-43(6)34(42(36,4)5)21-24-45(8)35(43)20-19-32-33-30-41(2,3)25-27-46(33,28-26-44(32,45)7)40(53)47-29-17-15-13-11-10-12-14-16-18-37(49)48-31-38(50)51/h19,33-36H,9-18,20-31H2,1-8H3,(H,47,53)(H,48,49)(H,50,51)/t33?,34?,35?,36-,43-,44+,45+,46-/m0/s1. The molecule has 5 aliphatic rings. The quantitative estimate of drug-likeness (QED) is 0.0820. The largest absolute Gasteiger partial charge is 0.480 e. The van der Waals surface area contributed by atoms with Gasteiger partial charge >= 0.3 is 11.9 Å². The highest BCUT2D eigenvalue weighted by Crippen LogP contribution is 2.76. The van der Waals surface area contributed by atoms with Crippen molar-refractivity contribution in [2.75, 3.05) is 13.1 Å². The van der Waals surface area contributed by atoms with Crippen LogP contribution >= 0.6 is 0 Å². The summed E-state index contributed by atoms with van der Waals surface area (Å²) in [6.07, 6.45) is 22.7. The minimum Gasteiger partial charge on any atom is -0.480 e. The lowest BCUT2D eigenvalue weighted by Crippen LogP contribution is -2.65. The second-order valence-electron chi connectivity index (χ2n) is 20.6. The highest BCUT2D eigenvalue weighted by atomic mass is 16.5. The Kier molecular flexibility index (Phi) is 13.2. The lowest BCUT2D eigenvalue weighted by atomic mass is 9.33. The van der Waals surface area contributed by atoms with Gasteiger partial charge < -0.3 is 20.5 Å². The number of hydrogen-bond donors (Lipinski definition) is 3. The third kappa shape index (κ3) is 8.20. The van der Waals surface area contributed by atoms with E-state index in [1.807, 2.05) is 6.92 Å². The van der Waals surface area contributed by atoms with E-state index in [2.05, 4.69) is 65.2 Å². The second-order valence-corrected chi connectivity index (χ2v) is 20.6. The number of esters is 1. The number of ether oxygens (including phenoxy) is 1. The Labute approximate surface area is 327 Å². The fourth-order valence-electron chi connectivity index (χ4n) is 13.2. The number of hydrogen-bond acceptors (Lipinski definition) is 5. The number of fused-ring (bicyclic) bond motifs is 7. The Hall–Kier alpha value is -2.38. The molecule has 5 aliphatic carbocycles. The van der Waals surface area contributed by atoms with Crippen molar-refractivity contribution in [3.8, 4) is 0 Å². The van der Waals surface area contributed by atoms with E-state index in [9.17, 15) is 19.2 Å². The molecule has 0 heterocycles. The first-order valence-corrected chi connectivity index (χ1v) is 22.0. The van der Waals surface area contributed by atoms with Crippen molar-refractivity contribution in [1.29, 1.82) is 0 Å². The number of rotatable bonds is 16. The average molecular weight is 753 g/mol. The minimum absolute atomic E-state index is 0.00627. The summed E-state index contributed by atoms with van der Waals surface area (Å²) in [7, 11) is 0. The van der Waals surface area contributed by atoms with Crippen LogP contribution in [0.15, 0.2) is 11.6 Å². The maximum absolute atomic E-state index is 14.5. The maximum Gasteiger partial charge on any atom is 0.322 e. The molecular formula is C46H76N2O6. The Morgan fingerprint density at radius 3 is 2.09 bits per heavy atom. The van der Waals surface area contributed by atoms with Crippen LogP contribution in [0.25, 0.3) is 0 Å². The van der Waals surface area contributed by atoms with Crippen LogP contribution in [-0.2, 0) is 23.9 Å². The summed E-state index contributed by atoms with van der Waals surface area (Å²) in [5.74, 6) is 0.439. The fourth-order valence-corrected chi connectivity index (χ4v) is 13.2. The lowest BCUT2D eigenvalue weighted by molar-refractivity contribution is -0.212. The predicted molar refractivity (Wildman–Crippen MR) is 214 cm³/mol. The molecule has 0 aromatic heterocycles. The molecule has 8 nitrogen and oxygen atoms in total. The van der Waals surface area contributed by atoms with Crippen LogP contribution in [0.2, 0.25) is 0 Å². The molecule has 2 amide bonds. The number of unbranched alkanes of at least 4 members (excludes halogenated alkanes) is 7. The van der Waals surface area contributed by atoms with E-state index >= 15 is 0 Å². The number of carbonyl (C=O) groups is 4. The van der Waals surface area contributed by atoms with E-state index in [0.717, 1.165) is 109 Å². The molecule has 306 valence electrons. The first kappa shape index (κ1) is 42.8. The van der Waals surface area contributed by atoms with Gasteiger partial charge in [-0.25, -0.2) is 0 Å². The van der Waals surface area contributed by atoms with E-state index in [1.165, 1.54) is 12.8 Å². The third-order valence-corrected chi connectivity index (χ3v) is 16.6. The van der Waals surface area contributed by atoms with Crippen molar-refractivity contribution >= 4 is 23.8 Å². The average Bonchev–Trinajstić information content (AvgIpc) is 3.10. The van der Waals surface area contributed by atoms with E-state index < -0.39 is 5.97 Å². The summed E-state index contributed by atoms with van der Waals surface area (Å²) in [4.78, 5) is 49.1. The number of nitrogens with one attached hydrogen (secondary N) is 2. The molecule has 0 aromatic carbocycles. The first-order chi connectivity index (χ1) is 25.4. The fraction of sp³-hybridized carbons (Fsp3) is 0.870. The van der Waals surface area contributed by atoms with Crippen molar-refractivity contribution in [1.82, 2.24) is 10.6 Å². The zero-order chi connectivity index (χ0) is 39.6. The number of carboxylic acid groups (broad SMARTS) is 1. The van der Waals surface area contributed by atoms with Gasteiger partial charge in [0.15, 0.2) is 0 Å². The van der Waals surface area contributed by atoms with E-state index in [-0.39, 0.29) is 57.0 Å². The number of allylic oxidation sites excluding steroid dienone is 2. The van der Waals surface area contributed by atoms with Crippen molar-refractivity contribution in [2.45, 2.75) is 190 Å². The number of carboxylic acids is 1. The smallest absolute Gasteiger partial charge is 0.322 e. The van der Waals surface area contributed by atoms with Gasteiger partial charge in [-0.15, -0.1) is 0 Å². The van der Waals surface area contributed by atoms with Crippen LogP contribution in [0, 0.1) is 50.2 Å². The van der Waals surface area contributed by atoms with Crippen LogP contribution in [-0.4, -0.2) is 48.1 Å².